The van der Waals surface area contributed by atoms with Crippen LogP contribution in [0.5, 0.6) is 0 Å². The van der Waals surface area contributed by atoms with Crippen molar-refractivity contribution in [3.05, 3.63) is 112 Å². The van der Waals surface area contributed by atoms with Gasteiger partial charge in [0.1, 0.15) is 86.1 Å². The van der Waals surface area contributed by atoms with Crippen LogP contribution >= 0.6 is 26.6 Å². The van der Waals surface area contributed by atoms with Gasteiger partial charge in [0, 0.05) is 29.4 Å². The number of aromatic amines is 2. The molecule has 131 heavy (non-hydrogen) atoms. The molecule has 0 aliphatic carbocycles. The van der Waals surface area contributed by atoms with Crippen molar-refractivity contribution in [1.29, 1.82) is 5.26 Å². The molecule has 6 saturated heterocycles. The molecule has 9 aromatic rings. The van der Waals surface area contributed by atoms with Gasteiger partial charge in [-0.1, -0.05) is 114 Å². The van der Waals surface area contributed by atoms with Crippen LogP contribution < -0.4 is 64.6 Å². The zero-order chi connectivity index (χ0) is 94.0. The highest BCUT2D eigenvalue weighted by atomic mass is 32.7. The van der Waals surface area contributed by atoms with Gasteiger partial charge in [-0.15, -0.1) is 0 Å². The lowest BCUT2D eigenvalue weighted by atomic mass is 10.00. The van der Waals surface area contributed by atoms with E-state index in [1.165, 1.54) is 45.7 Å². The van der Waals surface area contributed by atoms with Crippen LogP contribution in [0.15, 0.2) is 77.9 Å². The molecular weight excluding hydrogens is 1890 g/mol. The van der Waals surface area contributed by atoms with Crippen molar-refractivity contribution in [1.82, 2.24) is 98.4 Å². The third kappa shape index (κ3) is 23.4. The molecule has 1 aromatic carbocycles. The molecule has 1 amide bonds. The number of benzene rings is 1. The summed E-state index contributed by atoms with van der Waals surface area (Å²) >= 11 is 23.7. The van der Waals surface area contributed by atoms with E-state index in [1.807, 2.05) is 19.9 Å². The van der Waals surface area contributed by atoms with E-state index in [4.69, 9.17) is 121 Å². The molecule has 45 nitrogen and oxygen atoms in total. The van der Waals surface area contributed by atoms with Gasteiger partial charge in [-0.2, -0.15) is 10.2 Å². The number of hydrogen-bond donors (Lipinski definition) is 11. The van der Waals surface area contributed by atoms with Gasteiger partial charge in [0.2, 0.25) is 12.5 Å². The summed E-state index contributed by atoms with van der Waals surface area (Å²) in [4.78, 5) is 118. The highest BCUT2D eigenvalue weighted by Crippen LogP contribution is 2.56. The summed E-state index contributed by atoms with van der Waals surface area (Å²) < 4.78 is 100.0. The van der Waals surface area contributed by atoms with Crippen LogP contribution in [0.2, 0.25) is 36.3 Å². The Labute approximate surface area is 780 Å². The van der Waals surface area contributed by atoms with Gasteiger partial charge in [-0.25, -0.2) is 61.6 Å². The van der Waals surface area contributed by atoms with Crippen LogP contribution in [0.1, 0.15) is 132 Å². The Balaban J connectivity index is 0.000000271. The van der Waals surface area contributed by atoms with E-state index >= 15 is 0 Å². The molecule has 718 valence electrons. The van der Waals surface area contributed by atoms with Crippen LogP contribution in [0, 0.1) is 35.7 Å². The Kier molecular flexibility index (Phi) is 34.9. The molecule has 20 atom stereocenters. The minimum absolute atomic E-state index is 0. The van der Waals surface area contributed by atoms with Gasteiger partial charge in [-0.05, 0) is 86.1 Å². The maximum absolute atomic E-state index is 14.2. The second-order valence-corrected chi connectivity index (χ2v) is 56.1. The second kappa shape index (κ2) is 43.1. The van der Waals surface area contributed by atoms with E-state index in [2.05, 4.69) is 176 Å². The van der Waals surface area contributed by atoms with E-state index in [0.29, 0.717) is 27.9 Å². The number of Topliss-reactive ketones (excluding diaryl/α,β-unsaturated/α-hetero) is 1. The summed E-state index contributed by atoms with van der Waals surface area (Å²) in [6, 6.07) is 7.64. The minimum atomic E-state index is -4.08. The van der Waals surface area contributed by atoms with Crippen LogP contribution in [-0.2, 0) is 118 Å². The number of ether oxygens (including phenoxy) is 4. The summed E-state index contributed by atoms with van der Waals surface area (Å²) in [5, 5.41) is 24.9. The number of H-pyrrole nitrogens is 2. The predicted molar refractivity (Wildman–Crippen MR) is 508 cm³/mol. The molecule has 6 aliphatic heterocycles. The molecule has 4 unspecified atom stereocenters. The van der Waals surface area contributed by atoms with E-state index in [9.17, 15) is 33.9 Å². The number of fused-ring (bicyclic) bond motifs is 8. The fourth-order valence-corrected chi connectivity index (χ4v) is 25.5. The number of nitrogens with two attached hydrogens (primary N) is 4. The first kappa shape index (κ1) is 106. The Morgan fingerprint density at radius 3 is 1.60 bits per heavy atom. The summed E-state index contributed by atoms with van der Waals surface area (Å²) in [5.41, 5.74) is 22.2. The zero-order valence-electron chi connectivity index (χ0n) is 73.8. The summed E-state index contributed by atoms with van der Waals surface area (Å²) in [5.74, 6) is -1.29. The molecule has 0 bridgehead atoms. The molecular formula is C76H117N27O18P4S4Si2-2. The van der Waals surface area contributed by atoms with E-state index in [-0.39, 0.29) is 147 Å². The third-order valence-electron chi connectivity index (χ3n) is 23.5. The third-order valence-corrected chi connectivity index (χ3v) is 41.0. The van der Waals surface area contributed by atoms with Gasteiger partial charge < -0.3 is 115 Å². The monoisotopic (exact) mass is 2000 g/mol. The molecule has 6 aliphatic rings. The number of aromatic nitrogens is 16. The van der Waals surface area contributed by atoms with Crippen molar-refractivity contribution < 1.29 is 74.0 Å². The van der Waals surface area contributed by atoms with Crippen LogP contribution in [0.4, 0.5) is 17.6 Å². The van der Waals surface area contributed by atoms with Crippen molar-refractivity contribution in [2.24, 2.45) is 29.2 Å². The standard InChI is InChI=1S/C45H59N13O10P2S2Si.C27H42N12O8P2S2Si.2CH5N.2CH4/c1-26(2)29(59)20-32-52-40-36(42(61)53-32)51-25-58(40)43-27(3)33-30(66-43)21-64-70(72,62-18-13-16-46)56-34-31(22-65-69(71,55-33)63-19-17-47-7)67-44(37(34)68-73(8,9)45(4,5)6)57-24-50-35-38(48-23-49-39(35)57)54-41(60)28-14-11-10-12-15-28;1-12-15-13(45-24(12)39-11-33-18-22(39)34-26(29)35-23(18)40)7-43-49(42,51)37-16-14(8-44-48(41,50)36-15)46-25(19(16)47-52(5,6)27(2,3)4)38-10-32-17-20(28)30-9-31-21(17)38;2*1-2;;/h10-12,14-15,23-27,30-31,33-34,37,43-44H,13,17-22H2,1-6,8-9H3,(H,55,71)(H,56,72)(H,52,53,61)(H,48,49,54,60);9-16,19,24-25H,7-8H2,1-6H3,(H2,28,30,31)(H2,36,41,50)(H2,37,42,51)(H3,29,34,35,40);2*2H2,1H3;2*1H4/p-2/t27-,30-,31-,33+,34-,37-,43-,44-,69?,70?;12-,13-,14-,15+,16-,19-,24-,25-,48?,49?;;;;/m11..../s1. The second-order valence-electron chi connectivity index (χ2n) is 34.3. The van der Waals surface area contributed by atoms with Gasteiger partial charge >= 0.3 is 0 Å². The zero-order valence-corrected chi connectivity index (χ0v) is 82.6. The molecule has 55 heteroatoms. The number of carbonyl (C=O) groups is 2. The number of nitrogens with zero attached hydrogens (tertiary/aromatic N) is 16. The maximum Gasteiger partial charge on any atom is 0.280 e. The number of rotatable bonds is 19. The molecule has 0 spiro atoms. The summed E-state index contributed by atoms with van der Waals surface area (Å²) in [6.07, 6.45) is -0.306. The highest BCUT2D eigenvalue weighted by Gasteiger charge is 2.57. The fourth-order valence-electron chi connectivity index (χ4n) is 14.8. The van der Waals surface area contributed by atoms with E-state index < -0.39 is 152 Å². The van der Waals surface area contributed by atoms with Crippen LogP contribution in [0.3, 0.4) is 0 Å². The Morgan fingerprint density at radius 2 is 1.08 bits per heavy atom. The van der Waals surface area contributed by atoms with Gasteiger partial charge in [0.25, 0.3) is 30.3 Å². The van der Waals surface area contributed by atoms with Crippen molar-refractivity contribution >= 4 is 165 Å². The number of anilines is 3. The van der Waals surface area contributed by atoms with Crippen molar-refractivity contribution in [3.8, 4) is 6.07 Å². The number of carbonyl (C=O) groups excluding carboxylic acids is 2. The van der Waals surface area contributed by atoms with Crippen LogP contribution in [-0.4, -0.2) is 227 Å². The average Bonchev–Trinajstić information content (AvgIpc) is 1.61. The molecule has 14 heterocycles. The normalized spacial score (nSPS) is 29.5. The Morgan fingerprint density at radius 1 is 0.634 bits per heavy atom. The van der Waals surface area contributed by atoms with Gasteiger partial charge in [-0.3, -0.25) is 52.6 Å². The Hall–Kier alpha value is -7.06. The number of imidazole rings is 4. The van der Waals surface area contributed by atoms with Crippen LogP contribution in [0.25, 0.3) is 49.5 Å². The number of ketones is 1. The first-order valence-electron chi connectivity index (χ1n) is 41.2. The van der Waals surface area contributed by atoms with Crippen molar-refractivity contribution in [2.75, 3.05) is 77.1 Å². The quantitative estimate of drug-likeness (QED) is 0.0122. The number of nitriles is 1. The van der Waals surface area contributed by atoms with E-state index in [1.54, 1.807) is 62.7 Å². The topological polar surface area (TPSA) is 592 Å². The summed E-state index contributed by atoms with van der Waals surface area (Å²) in [6.45, 7) is 19.3. The molecule has 8 aromatic heterocycles. The number of hydrogen-bond acceptors (Lipinski definition) is 37. The fraction of sp³-hybridized carbons (Fsp3) is 0.605. The first-order chi connectivity index (χ1) is 60.9. The first-order valence-corrected chi connectivity index (χ1v) is 57.6. The van der Waals surface area contributed by atoms with Gasteiger partial charge in [0.15, 0.2) is 79.9 Å². The average molecular weight is 2010 g/mol. The lowest BCUT2D eigenvalue weighted by molar-refractivity contribution is -0.189. The number of amides is 1. The molecule has 15 N–H and O–H groups in total. The van der Waals surface area contributed by atoms with E-state index in [0.717, 1.165) is 0 Å². The van der Waals surface area contributed by atoms with Crippen molar-refractivity contribution in [3.63, 3.8) is 0 Å². The molecule has 6 fully saturated rings. The molecule has 15 rings (SSSR count). The molecule has 0 radical (unpaired) electrons. The Bertz CT molecular complexity index is 5960. The SMILES string of the molecule is C.C.CN.CN.C[C@@H]1[C@@H]2NP([O-])(=S)OC[C@H]3O[C@@H](n4cnc5c(N)ncnc54)[C@H](O[Si](C)(C)C(C)(C)C)[C@@H]3NP(=O)([S-])OC[C@H]2O[C@H]1n1cnc2c(=O)[nH]c(N)nc21.[C-]#[N+]CCOP1(=S)N[C@H]2[C@@H](C)[C@H](n3cnc4c(=O)[nH]c(CC(=O)C(C)C)nc43)O[C@@H]2COP(=S)(OCCC#N)N[C@H]2[C@@H](O[Si](C)(C)C(C)(C)C)[C@H](n3cnc4c(NC(=O)c5ccccc5)ncnc43)O[C@@H]2CO1. The minimum Gasteiger partial charge on any atom is -0.789 e. The van der Waals surface area contributed by atoms with Crippen molar-refractivity contribution in [2.45, 2.75) is 219 Å². The smallest absolute Gasteiger partial charge is 0.280 e. The van der Waals surface area contributed by atoms with Gasteiger partial charge in [0.05, 0.1) is 108 Å². The highest BCUT2D eigenvalue weighted by molar-refractivity contribution is 8.33. The lowest BCUT2D eigenvalue weighted by Crippen LogP contribution is -2.53. The number of nitrogen functional groups attached to an aromatic ring is 2. The molecule has 0 saturated carbocycles. The largest absolute Gasteiger partial charge is 0.789 e. The summed E-state index contributed by atoms with van der Waals surface area (Å²) in [7, 11) is -2.29. The lowest BCUT2D eigenvalue weighted by Gasteiger charge is -2.42. The maximum atomic E-state index is 14.2. The number of nitrogens with one attached hydrogen (secondary N) is 7. The predicted octanol–water partition coefficient (Wildman–Crippen LogP) is 7.65.